The molecule has 174 valence electrons. The Morgan fingerprint density at radius 1 is 1.03 bits per heavy atom. The van der Waals surface area contributed by atoms with Gasteiger partial charge in [-0.2, -0.15) is 5.10 Å². The number of anilines is 2. The van der Waals surface area contributed by atoms with E-state index in [-0.39, 0.29) is 23.8 Å². The molecule has 0 saturated heterocycles. The number of nitrogens with zero attached hydrogens (tertiary/aromatic N) is 4. The summed E-state index contributed by atoms with van der Waals surface area (Å²) in [5, 5.41) is 5.22. The minimum atomic E-state index is -3.98. The number of halogens is 2. The van der Waals surface area contributed by atoms with Crippen LogP contribution in [0.15, 0.2) is 48.5 Å². The Labute approximate surface area is 202 Å². The smallest absolute Gasteiger partial charge is 0.292 e. The fraction of sp³-hybridized carbons (Fsp3) is 0.227. The summed E-state index contributed by atoms with van der Waals surface area (Å²) in [5.74, 6) is -0.990. The maximum absolute atomic E-state index is 13.2. The number of amides is 2. The lowest BCUT2D eigenvalue weighted by Crippen LogP contribution is -2.36. The van der Waals surface area contributed by atoms with Crippen molar-refractivity contribution in [3.05, 3.63) is 75.5 Å². The molecule has 3 rings (SSSR count). The molecule has 33 heavy (non-hydrogen) atoms. The zero-order valence-corrected chi connectivity index (χ0v) is 20.7. The monoisotopic (exact) mass is 508 g/mol. The van der Waals surface area contributed by atoms with Crippen LogP contribution in [-0.4, -0.2) is 43.3 Å². The molecule has 2 aromatic carbocycles. The third-order valence-corrected chi connectivity index (χ3v) is 6.78. The minimum absolute atomic E-state index is 0.0500. The number of aromatic nitrogens is 2. The first-order chi connectivity index (χ1) is 15.4. The van der Waals surface area contributed by atoms with Gasteiger partial charge in [0.05, 0.1) is 18.5 Å². The van der Waals surface area contributed by atoms with Crippen LogP contribution in [0.25, 0.3) is 0 Å². The number of benzene rings is 2. The third-order valence-electron chi connectivity index (χ3n) is 5.03. The molecule has 0 N–H and O–H groups in total. The van der Waals surface area contributed by atoms with Gasteiger partial charge in [-0.05, 0) is 49.4 Å². The second-order valence-corrected chi connectivity index (χ2v) is 10.1. The van der Waals surface area contributed by atoms with Gasteiger partial charge in [0.2, 0.25) is 15.9 Å². The SMILES string of the molecule is CC(=O)N(C)c1ccc(N(C(=O)c2cc(C)n(Cc3c(Cl)cccc3Cl)n2)S(C)(=O)=O)cc1. The molecule has 0 aliphatic rings. The molecule has 11 heteroatoms. The Morgan fingerprint density at radius 3 is 2.09 bits per heavy atom. The van der Waals surface area contributed by atoms with E-state index in [1.54, 1.807) is 44.3 Å². The van der Waals surface area contributed by atoms with Gasteiger partial charge in [0, 0.05) is 41.0 Å². The molecule has 1 heterocycles. The highest BCUT2D eigenvalue weighted by Crippen LogP contribution is 2.27. The van der Waals surface area contributed by atoms with Gasteiger partial charge in [-0.1, -0.05) is 29.3 Å². The zero-order chi connectivity index (χ0) is 24.5. The summed E-state index contributed by atoms with van der Waals surface area (Å²) in [5.41, 5.74) is 1.90. The Hall–Kier alpha value is -2.88. The van der Waals surface area contributed by atoms with Crippen LogP contribution in [-0.2, 0) is 21.4 Å². The van der Waals surface area contributed by atoms with Crippen molar-refractivity contribution in [3.63, 3.8) is 0 Å². The molecule has 0 saturated carbocycles. The molecular formula is C22H22Cl2N4O4S. The molecular weight excluding hydrogens is 487 g/mol. The summed E-state index contributed by atoms with van der Waals surface area (Å²) in [6, 6.07) is 12.7. The molecule has 0 aliphatic carbocycles. The highest BCUT2D eigenvalue weighted by molar-refractivity contribution is 7.92. The third kappa shape index (κ3) is 5.38. The second-order valence-electron chi connectivity index (χ2n) is 7.46. The van der Waals surface area contributed by atoms with Gasteiger partial charge in [-0.3, -0.25) is 14.3 Å². The first kappa shape index (κ1) is 24.8. The lowest BCUT2D eigenvalue weighted by molar-refractivity contribution is -0.116. The van der Waals surface area contributed by atoms with E-state index in [4.69, 9.17) is 23.2 Å². The number of sulfonamides is 1. The molecule has 8 nitrogen and oxygen atoms in total. The lowest BCUT2D eigenvalue weighted by atomic mass is 10.2. The van der Waals surface area contributed by atoms with Crippen LogP contribution in [0.4, 0.5) is 11.4 Å². The Morgan fingerprint density at radius 2 is 1.58 bits per heavy atom. The number of aryl methyl sites for hydroxylation is 1. The average molecular weight is 509 g/mol. The van der Waals surface area contributed by atoms with Gasteiger partial charge < -0.3 is 4.90 Å². The van der Waals surface area contributed by atoms with E-state index in [0.717, 1.165) is 6.26 Å². The van der Waals surface area contributed by atoms with Crippen LogP contribution in [0.2, 0.25) is 10.0 Å². The average Bonchev–Trinajstić information content (AvgIpc) is 3.10. The standard InChI is InChI=1S/C22H22Cl2N4O4S/c1-14-12-21(25-27(14)13-18-19(23)6-5-7-20(18)24)22(30)28(33(4,31)32)17-10-8-16(9-11-17)26(3)15(2)29/h5-12H,13H2,1-4H3. The zero-order valence-electron chi connectivity index (χ0n) is 18.4. The normalized spacial score (nSPS) is 11.3. The van der Waals surface area contributed by atoms with Crippen LogP contribution in [0.1, 0.15) is 28.7 Å². The maximum Gasteiger partial charge on any atom is 0.292 e. The molecule has 3 aromatic rings. The van der Waals surface area contributed by atoms with Gasteiger partial charge in [-0.15, -0.1) is 0 Å². The minimum Gasteiger partial charge on any atom is -0.316 e. The van der Waals surface area contributed by atoms with Crippen LogP contribution in [0.3, 0.4) is 0 Å². The summed E-state index contributed by atoms with van der Waals surface area (Å²) in [4.78, 5) is 26.2. The van der Waals surface area contributed by atoms with Gasteiger partial charge in [0.25, 0.3) is 5.91 Å². The highest BCUT2D eigenvalue weighted by Gasteiger charge is 2.29. The predicted molar refractivity (Wildman–Crippen MR) is 130 cm³/mol. The largest absolute Gasteiger partial charge is 0.316 e. The summed E-state index contributed by atoms with van der Waals surface area (Å²) in [6.45, 7) is 3.36. The van der Waals surface area contributed by atoms with E-state index in [2.05, 4.69) is 5.10 Å². The summed E-state index contributed by atoms with van der Waals surface area (Å²) in [7, 11) is -2.38. The molecule has 0 unspecified atom stereocenters. The first-order valence-corrected chi connectivity index (χ1v) is 12.4. The number of carbonyl (C=O) groups is 2. The van der Waals surface area contributed by atoms with E-state index in [9.17, 15) is 18.0 Å². The molecule has 0 atom stereocenters. The lowest BCUT2D eigenvalue weighted by Gasteiger charge is -2.21. The van der Waals surface area contributed by atoms with Crippen molar-refractivity contribution in [3.8, 4) is 0 Å². The van der Waals surface area contributed by atoms with Gasteiger partial charge in [-0.25, -0.2) is 12.7 Å². The van der Waals surface area contributed by atoms with Crippen LogP contribution in [0.5, 0.6) is 0 Å². The fourth-order valence-corrected chi connectivity index (χ4v) is 4.58. The second kappa shape index (κ2) is 9.54. The molecule has 0 fully saturated rings. The van der Waals surface area contributed by atoms with Crippen molar-refractivity contribution in [2.24, 2.45) is 0 Å². The molecule has 2 amide bonds. The number of hydrogen-bond acceptors (Lipinski definition) is 5. The predicted octanol–water partition coefficient (Wildman–Crippen LogP) is 4.14. The van der Waals surface area contributed by atoms with E-state index in [1.807, 2.05) is 0 Å². The van der Waals surface area contributed by atoms with E-state index >= 15 is 0 Å². The van der Waals surface area contributed by atoms with Crippen LogP contribution in [0, 0.1) is 6.92 Å². The van der Waals surface area contributed by atoms with Crippen LogP contribution >= 0.6 is 23.2 Å². The Balaban J connectivity index is 1.96. The van der Waals surface area contributed by atoms with Crippen molar-refractivity contribution >= 4 is 56.4 Å². The summed E-state index contributed by atoms with van der Waals surface area (Å²) in [6.07, 6.45) is 0.938. The van der Waals surface area contributed by atoms with Crippen LogP contribution < -0.4 is 9.21 Å². The molecule has 0 radical (unpaired) electrons. The molecule has 1 aromatic heterocycles. The Bertz CT molecular complexity index is 1300. The fourth-order valence-electron chi connectivity index (χ4n) is 3.16. The van der Waals surface area contributed by atoms with Crippen molar-refractivity contribution in [2.45, 2.75) is 20.4 Å². The van der Waals surface area contributed by atoms with Crippen molar-refractivity contribution in [1.82, 2.24) is 9.78 Å². The summed E-state index contributed by atoms with van der Waals surface area (Å²) < 4.78 is 27.2. The Kier molecular flexibility index (Phi) is 7.16. The number of hydrogen-bond donors (Lipinski definition) is 0. The summed E-state index contributed by atoms with van der Waals surface area (Å²) >= 11 is 12.5. The number of carbonyl (C=O) groups excluding carboxylic acids is 2. The van der Waals surface area contributed by atoms with Crippen molar-refractivity contribution < 1.29 is 18.0 Å². The van der Waals surface area contributed by atoms with Crippen molar-refractivity contribution in [2.75, 3.05) is 22.5 Å². The first-order valence-electron chi connectivity index (χ1n) is 9.76. The van der Waals surface area contributed by atoms with Gasteiger partial charge in [0.15, 0.2) is 5.69 Å². The highest BCUT2D eigenvalue weighted by atomic mass is 35.5. The topological polar surface area (TPSA) is 92.6 Å². The van der Waals surface area contributed by atoms with E-state index < -0.39 is 15.9 Å². The quantitative estimate of drug-likeness (QED) is 0.498. The maximum atomic E-state index is 13.2. The number of rotatable bonds is 6. The van der Waals surface area contributed by atoms with E-state index in [1.165, 1.54) is 34.7 Å². The van der Waals surface area contributed by atoms with Crippen molar-refractivity contribution in [1.29, 1.82) is 0 Å². The molecule has 0 bridgehead atoms. The molecule has 0 aliphatic heterocycles. The molecule has 0 spiro atoms. The van der Waals surface area contributed by atoms with Gasteiger partial charge >= 0.3 is 0 Å². The van der Waals surface area contributed by atoms with Gasteiger partial charge in [0.1, 0.15) is 0 Å². The van der Waals surface area contributed by atoms with E-state index in [0.29, 0.717) is 31.3 Å².